The van der Waals surface area contributed by atoms with E-state index in [-0.39, 0.29) is 13.0 Å². The lowest BCUT2D eigenvalue weighted by Gasteiger charge is -2.56. The second-order valence-corrected chi connectivity index (χ2v) is 18.2. The number of rotatable bonds is 22. The summed E-state index contributed by atoms with van der Waals surface area (Å²) in [6, 6.07) is 40.1. The van der Waals surface area contributed by atoms with Crippen LogP contribution in [-0.4, -0.2) is 70.9 Å². The molecule has 0 bridgehead atoms. The number of hydrogen-bond acceptors (Lipinski definition) is 9. The fraction of sp³-hybridized carbons (Fsp3) is 0.438. The molecule has 318 valence electrons. The number of hydroxylamine groups is 2. The van der Waals surface area contributed by atoms with Crippen LogP contribution >= 0.6 is 23.5 Å². The van der Waals surface area contributed by atoms with Crippen molar-refractivity contribution in [3.8, 4) is 0 Å². The van der Waals surface area contributed by atoms with Gasteiger partial charge in [-0.15, -0.1) is 23.5 Å². The van der Waals surface area contributed by atoms with E-state index in [1.165, 1.54) is 30.6 Å². The van der Waals surface area contributed by atoms with Crippen LogP contribution in [0.15, 0.2) is 121 Å². The highest BCUT2D eigenvalue weighted by atomic mass is 32.2. The first-order valence-corrected chi connectivity index (χ1v) is 22.7. The minimum atomic E-state index is -2.34. The summed E-state index contributed by atoms with van der Waals surface area (Å²) in [4.78, 5) is 51.9. The molecule has 9 nitrogen and oxygen atoms in total. The fourth-order valence-electron chi connectivity index (χ4n) is 7.28. The SMILES string of the molecule is CCCCCON(C(=O)CCc1ccccc1)[C@](NC(=O)OC(C)(C)C)(C(=O)OC)[C@](C)(SC(c1ccccc1)(c1ccccc1)c1ccccc1)C(NCCC)SC. The average Bonchev–Trinajstić information content (AvgIpc) is 3.24. The van der Waals surface area contributed by atoms with Crippen LogP contribution in [0.5, 0.6) is 0 Å². The number of alkyl carbamates (subject to hydrolysis) is 1. The molecule has 4 rings (SSSR count). The highest BCUT2D eigenvalue weighted by Crippen LogP contribution is 2.59. The van der Waals surface area contributed by atoms with Crippen LogP contribution in [0.2, 0.25) is 0 Å². The van der Waals surface area contributed by atoms with Gasteiger partial charge in [0.2, 0.25) is 5.91 Å². The van der Waals surface area contributed by atoms with E-state index < -0.39 is 44.1 Å². The molecule has 2 N–H and O–H groups in total. The number of benzene rings is 4. The molecule has 4 aromatic carbocycles. The van der Waals surface area contributed by atoms with E-state index in [0.717, 1.165) is 46.6 Å². The highest BCUT2D eigenvalue weighted by Gasteiger charge is 2.68. The molecule has 2 amide bonds. The first kappa shape index (κ1) is 47.4. The van der Waals surface area contributed by atoms with Crippen LogP contribution in [0.3, 0.4) is 0 Å². The molecule has 0 radical (unpaired) electrons. The summed E-state index contributed by atoms with van der Waals surface area (Å²) in [6.45, 7) is 12.0. The third-order valence-electron chi connectivity index (χ3n) is 10.1. The zero-order chi connectivity index (χ0) is 42.9. The van der Waals surface area contributed by atoms with Crippen LogP contribution in [0.4, 0.5) is 4.79 Å². The summed E-state index contributed by atoms with van der Waals surface area (Å²) in [5, 5.41) is 7.25. The van der Waals surface area contributed by atoms with Crippen molar-refractivity contribution in [2.45, 2.75) is 106 Å². The van der Waals surface area contributed by atoms with Crippen molar-refractivity contribution in [2.24, 2.45) is 0 Å². The van der Waals surface area contributed by atoms with Crippen LogP contribution in [-0.2, 0) is 35.1 Å². The molecule has 0 spiro atoms. The van der Waals surface area contributed by atoms with Crippen molar-refractivity contribution in [3.05, 3.63) is 144 Å². The smallest absolute Gasteiger partial charge is 0.410 e. The van der Waals surface area contributed by atoms with Gasteiger partial charge in [0.05, 0.1) is 28.6 Å². The number of aryl methyl sites for hydroxylation is 1. The van der Waals surface area contributed by atoms with Crippen LogP contribution < -0.4 is 10.6 Å². The normalized spacial score (nSPS) is 14.3. The Hall–Kier alpha value is -4.29. The highest BCUT2D eigenvalue weighted by molar-refractivity contribution is 8.05. The molecule has 1 unspecified atom stereocenters. The number of carbonyl (C=O) groups is 3. The molecular formula is C48H63N3O6S2. The molecule has 0 heterocycles. The summed E-state index contributed by atoms with van der Waals surface area (Å²) in [5.41, 5.74) is 0.408. The molecule has 0 saturated heterocycles. The van der Waals surface area contributed by atoms with Crippen LogP contribution in [0.25, 0.3) is 0 Å². The van der Waals surface area contributed by atoms with Gasteiger partial charge < -0.3 is 14.8 Å². The number of nitrogens with zero attached hydrogens (tertiary/aromatic N) is 1. The summed E-state index contributed by atoms with van der Waals surface area (Å²) >= 11 is 2.95. The summed E-state index contributed by atoms with van der Waals surface area (Å²) in [7, 11) is 1.27. The van der Waals surface area contributed by atoms with E-state index in [2.05, 4.69) is 60.9 Å². The fourth-order valence-corrected chi connectivity index (χ4v) is 10.6. The maximum atomic E-state index is 15.5. The quantitative estimate of drug-likeness (QED) is 0.0263. The maximum Gasteiger partial charge on any atom is 0.410 e. The zero-order valence-corrected chi connectivity index (χ0v) is 37.6. The van der Waals surface area contributed by atoms with Gasteiger partial charge in [0.1, 0.15) is 5.60 Å². The van der Waals surface area contributed by atoms with Gasteiger partial charge in [0, 0.05) is 6.42 Å². The molecule has 3 atom stereocenters. The lowest BCUT2D eigenvalue weighted by molar-refractivity contribution is -0.240. The summed E-state index contributed by atoms with van der Waals surface area (Å²) < 4.78 is 9.21. The predicted octanol–water partition coefficient (Wildman–Crippen LogP) is 10.1. The number of unbranched alkanes of at least 4 members (excludes halogenated alkanes) is 2. The monoisotopic (exact) mass is 841 g/mol. The van der Waals surface area contributed by atoms with E-state index in [4.69, 9.17) is 14.3 Å². The Morgan fingerprint density at radius 2 is 1.24 bits per heavy atom. The number of nitrogens with one attached hydrogen (secondary N) is 2. The van der Waals surface area contributed by atoms with Gasteiger partial charge in [0.15, 0.2) is 0 Å². The number of carbonyl (C=O) groups excluding carboxylic acids is 3. The molecule has 0 saturated carbocycles. The number of hydrogen-bond donors (Lipinski definition) is 2. The van der Waals surface area contributed by atoms with Crippen molar-refractivity contribution in [1.82, 2.24) is 15.7 Å². The molecule has 0 aromatic heterocycles. The van der Waals surface area contributed by atoms with Crippen LogP contribution in [0, 0.1) is 0 Å². The number of ether oxygens (including phenoxy) is 2. The number of thioether (sulfide) groups is 2. The molecule has 0 aliphatic carbocycles. The molecule has 59 heavy (non-hydrogen) atoms. The molecule has 11 heteroatoms. The average molecular weight is 842 g/mol. The Morgan fingerprint density at radius 1 is 0.729 bits per heavy atom. The van der Waals surface area contributed by atoms with E-state index in [9.17, 15) is 4.79 Å². The second-order valence-electron chi connectivity index (χ2n) is 15.6. The van der Waals surface area contributed by atoms with Gasteiger partial charge in [-0.05, 0) is 82.0 Å². The summed E-state index contributed by atoms with van der Waals surface area (Å²) in [5.74, 6) is -1.39. The first-order valence-electron chi connectivity index (χ1n) is 20.5. The largest absolute Gasteiger partial charge is 0.466 e. The molecule has 0 aliphatic heterocycles. The summed E-state index contributed by atoms with van der Waals surface area (Å²) in [6.07, 6.45) is 4.50. The van der Waals surface area contributed by atoms with Crippen LogP contribution in [0.1, 0.15) is 95.9 Å². The van der Waals surface area contributed by atoms with E-state index in [1.54, 1.807) is 20.8 Å². The minimum absolute atomic E-state index is 0.0270. The molecule has 0 fully saturated rings. The van der Waals surface area contributed by atoms with Gasteiger partial charge in [-0.25, -0.2) is 9.59 Å². The van der Waals surface area contributed by atoms with Crippen molar-refractivity contribution >= 4 is 41.5 Å². The molecule has 0 aliphatic rings. The third-order valence-corrected chi connectivity index (χ3v) is 13.3. The Morgan fingerprint density at radius 3 is 1.68 bits per heavy atom. The van der Waals surface area contributed by atoms with E-state index in [1.807, 2.05) is 98.1 Å². The van der Waals surface area contributed by atoms with Crippen molar-refractivity contribution < 1.29 is 28.7 Å². The van der Waals surface area contributed by atoms with Gasteiger partial charge in [-0.2, -0.15) is 5.06 Å². The molecular weight excluding hydrogens is 779 g/mol. The lowest BCUT2D eigenvalue weighted by atomic mass is 9.84. The van der Waals surface area contributed by atoms with Crippen molar-refractivity contribution in [1.29, 1.82) is 0 Å². The Balaban J connectivity index is 2.19. The van der Waals surface area contributed by atoms with E-state index >= 15 is 9.59 Å². The van der Waals surface area contributed by atoms with E-state index in [0.29, 0.717) is 19.4 Å². The van der Waals surface area contributed by atoms with Gasteiger partial charge in [0.25, 0.3) is 5.66 Å². The van der Waals surface area contributed by atoms with Gasteiger partial charge in [-0.1, -0.05) is 148 Å². The Bertz CT molecular complexity index is 1780. The van der Waals surface area contributed by atoms with Gasteiger partial charge >= 0.3 is 12.1 Å². The second kappa shape index (κ2) is 22.4. The number of methoxy groups -OCH3 is 1. The standard InChI is InChI=1S/C48H63N3O6S2/c1-9-11-24-36-56-51(41(52)34-33-37-25-16-12-17-26-37)48(43(53)55-7,50-44(54)57-45(3,4)5)46(6,42(58-8)49-35-10-2)59-47(38-27-18-13-19-28-38,39-29-20-14-21-30-39)40-31-22-15-23-32-40/h12-23,25-32,42,49H,9-11,24,33-36H2,1-8H3,(H,50,54)/t42?,46-,48-/m1/s1. The lowest BCUT2D eigenvalue weighted by Crippen LogP contribution is -2.80. The Labute approximate surface area is 360 Å². The van der Waals surface area contributed by atoms with Crippen molar-refractivity contribution in [2.75, 3.05) is 26.5 Å². The maximum absolute atomic E-state index is 15.5. The van der Waals surface area contributed by atoms with Gasteiger partial charge in [-0.3, -0.25) is 14.9 Å². The Kier molecular flexibility index (Phi) is 18.0. The topological polar surface area (TPSA) is 106 Å². The molecule has 4 aromatic rings. The zero-order valence-electron chi connectivity index (χ0n) is 36.0. The van der Waals surface area contributed by atoms with Crippen molar-refractivity contribution in [3.63, 3.8) is 0 Å². The first-order chi connectivity index (χ1) is 28.3. The number of amides is 2. The minimum Gasteiger partial charge on any atom is -0.466 e. The number of esters is 1. The predicted molar refractivity (Wildman–Crippen MR) is 242 cm³/mol. The third kappa shape index (κ3) is 11.5.